The Morgan fingerprint density at radius 1 is 0.494 bits per heavy atom. The molecule has 0 fully saturated rings. The van der Waals surface area contributed by atoms with Crippen molar-refractivity contribution < 1.29 is 112 Å². The first-order valence-electron chi connectivity index (χ1n) is 29.0. The number of alkyl halides is 6. The fourth-order valence-electron chi connectivity index (χ4n) is 9.30. The van der Waals surface area contributed by atoms with E-state index < -0.39 is 65.8 Å². The molecule has 0 saturated heterocycles. The molecule has 3 heterocycles. The van der Waals surface area contributed by atoms with E-state index in [0.717, 1.165) is 76.9 Å². The quantitative estimate of drug-likeness (QED) is 0.0146. The Hall–Kier alpha value is -6.88. The highest BCUT2D eigenvalue weighted by Gasteiger charge is 2.45. The number of ether oxygens (including phenoxy) is 11. The van der Waals surface area contributed by atoms with Crippen LogP contribution in [0.5, 0.6) is 34.5 Å². The second-order valence-electron chi connectivity index (χ2n) is 24.4. The van der Waals surface area contributed by atoms with E-state index in [1.54, 1.807) is 21.1 Å². The Morgan fingerprint density at radius 3 is 1.11 bits per heavy atom. The van der Waals surface area contributed by atoms with Crippen molar-refractivity contribution in [3.05, 3.63) is 78.4 Å². The summed E-state index contributed by atoms with van der Waals surface area (Å²) < 4.78 is 133. The van der Waals surface area contributed by atoms with Crippen LogP contribution in [0.1, 0.15) is 108 Å². The Balaban J connectivity index is 0.000000326. The summed E-state index contributed by atoms with van der Waals surface area (Å²) in [5.74, 6) is -4.02. The van der Waals surface area contributed by atoms with Crippen LogP contribution in [0.2, 0.25) is 77.1 Å². The third-order valence-corrected chi connectivity index (χ3v) is 19.1. The molecular formula is C62H86F6O18Si3. The van der Waals surface area contributed by atoms with Crippen molar-refractivity contribution in [1.82, 2.24) is 0 Å². The third-order valence-electron chi connectivity index (χ3n) is 14.0. The molecule has 0 saturated carbocycles. The molecule has 0 radical (unpaired) electrons. The van der Waals surface area contributed by atoms with Gasteiger partial charge in [-0.3, -0.25) is 4.79 Å². The molecule has 3 aliphatic rings. The van der Waals surface area contributed by atoms with Gasteiger partial charge in [0.1, 0.15) is 82.9 Å². The van der Waals surface area contributed by atoms with E-state index in [-0.39, 0.29) is 68.1 Å². The Kier molecular flexibility index (Phi) is 28.1. The van der Waals surface area contributed by atoms with Crippen molar-refractivity contribution in [3.8, 4) is 34.5 Å². The van der Waals surface area contributed by atoms with Gasteiger partial charge in [-0.05, 0) is 82.3 Å². The van der Waals surface area contributed by atoms with Gasteiger partial charge in [-0.1, -0.05) is 78.3 Å². The van der Waals surface area contributed by atoms with Crippen molar-refractivity contribution in [2.75, 3.05) is 54.4 Å². The van der Waals surface area contributed by atoms with Crippen LogP contribution in [0.15, 0.2) is 11.6 Å². The number of cyclic esters (lactones) is 3. The summed E-state index contributed by atoms with van der Waals surface area (Å²) in [6.45, 7) is 32.2. The summed E-state index contributed by atoms with van der Waals surface area (Å²) in [5, 5.41) is 0. The number of halogens is 6. The zero-order valence-electron chi connectivity index (χ0n) is 54.4. The van der Waals surface area contributed by atoms with Gasteiger partial charge in [0.2, 0.25) is 0 Å². The Morgan fingerprint density at radius 2 is 0.820 bits per heavy atom. The number of Topliss-reactive ketones (excluding diaryl/α,β-unsaturated/α-hetero) is 1. The van der Waals surface area contributed by atoms with E-state index >= 15 is 0 Å². The molecule has 3 aromatic rings. The summed E-state index contributed by atoms with van der Waals surface area (Å²) >= 11 is 0. The molecule has 89 heavy (non-hydrogen) atoms. The first-order chi connectivity index (χ1) is 41.3. The Labute approximate surface area is 519 Å². The number of methoxy groups -OCH3 is 3. The van der Waals surface area contributed by atoms with Gasteiger partial charge in [0.15, 0.2) is 0 Å². The van der Waals surface area contributed by atoms with Gasteiger partial charge < -0.3 is 56.9 Å². The van der Waals surface area contributed by atoms with Crippen molar-refractivity contribution in [1.29, 1.82) is 0 Å². The maximum absolute atomic E-state index is 13.5. The van der Waals surface area contributed by atoms with Gasteiger partial charge in [-0.15, -0.1) is 0 Å². The minimum Gasteiger partial charge on any atom is -0.496 e. The van der Waals surface area contributed by atoms with Crippen molar-refractivity contribution in [2.45, 2.75) is 176 Å². The molecule has 27 heteroatoms. The molecule has 6 rings (SSSR count). The number of carbonyl (C=O) groups is 7. The fraction of sp³-hybridized carbons (Fsp3) is 0.565. The Bertz CT molecular complexity index is 3100. The second-order valence-corrected chi connectivity index (χ2v) is 41.2. The first kappa shape index (κ1) is 76.4. The number of allylic oxidation sites excluding steroid dienone is 1. The average molecular weight is 1320 g/mol. The van der Waals surface area contributed by atoms with Gasteiger partial charge in [0, 0.05) is 64.0 Å². The number of hydrogen-bond donors (Lipinski definition) is 0. The zero-order chi connectivity index (χ0) is 67.7. The van der Waals surface area contributed by atoms with Crippen LogP contribution in [-0.4, -0.2) is 133 Å². The van der Waals surface area contributed by atoms with Gasteiger partial charge in [0.05, 0.1) is 54.4 Å². The monoisotopic (exact) mass is 1320 g/mol. The summed E-state index contributed by atoms with van der Waals surface area (Å²) in [4.78, 5) is 79.8. The lowest BCUT2D eigenvalue weighted by Gasteiger charge is -2.21. The average Bonchev–Trinajstić information content (AvgIpc) is 2.08. The highest BCUT2D eigenvalue weighted by molar-refractivity contribution is 6.76. The van der Waals surface area contributed by atoms with Gasteiger partial charge in [-0.2, -0.15) is 26.3 Å². The van der Waals surface area contributed by atoms with E-state index in [0.29, 0.717) is 77.2 Å². The maximum Gasteiger partial charge on any atom is 0.461 e. The summed E-state index contributed by atoms with van der Waals surface area (Å²) in [6.07, 6.45) is -6.90. The minimum absolute atomic E-state index is 0.0352. The molecule has 0 N–H and O–H groups in total. The highest BCUT2D eigenvalue weighted by Crippen LogP contribution is 2.46. The molecule has 496 valence electrons. The molecule has 0 aliphatic carbocycles. The molecule has 0 unspecified atom stereocenters. The largest absolute Gasteiger partial charge is 0.496 e. The molecule has 0 spiro atoms. The molecule has 0 bridgehead atoms. The van der Waals surface area contributed by atoms with E-state index in [1.807, 2.05) is 13.8 Å². The molecular weight excluding hydrogens is 1230 g/mol. The van der Waals surface area contributed by atoms with Crippen LogP contribution >= 0.6 is 0 Å². The lowest BCUT2D eigenvalue weighted by Crippen LogP contribution is -2.32. The van der Waals surface area contributed by atoms with E-state index in [1.165, 1.54) is 21.0 Å². The zero-order valence-corrected chi connectivity index (χ0v) is 57.4. The number of hydrogen-bond acceptors (Lipinski definition) is 18. The minimum atomic E-state index is -5.13. The SMILES string of the molecule is CCCc1c(OC)c(C)c2c(c1OCC[Si](C)(C)C)C(=O)OC2.CCOC(=O)/C(=C/Cc1c(OC)c(C)c2c(c1OCC[Si](C)(C)C)C(=O)OC2)C(F)(F)F.CCOC(=O)C(=O)C(F)(F)F.COc1c(C)c2c(c(OCC[Si](C)(C)C)c1CC=O)C(=O)OC2. The third kappa shape index (κ3) is 20.8. The number of fused-ring (bicyclic) bond motifs is 3. The topological polar surface area (TPSA) is 221 Å². The number of esters is 5. The predicted octanol–water partition coefficient (Wildman–Crippen LogP) is 13.1. The van der Waals surface area contributed by atoms with Crippen LogP contribution in [0.4, 0.5) is 26.3 Å². The standard InChI is InChI=1S/C22H29F3O6Si.C18H28O4Si.C17H24O5Si.C5H5F3O3/c1-7-29-20(26)16(22(23,24)25)9-8-14-18(28-3)13(2)15-12-31-21(27)17(15)19(14)30-10-11-32(4,5)6;1-7-8-13-16(20-3)12(2)14-11-22-18(19)15(14)17(13)21-9-10-23(4,5)6;1-11-13-10-22-17(19)14(13)16(21-8-9-23(3,4)5)12(6-7-18)15(11)20-2;1-2-11-4(10)3(9)5(6,7)8/h9H,7-8,10-12H2,1-6H3;7-11H2,1-6H3;7H,6,8-10H2,1-5H3;2H2,1H3/b16-9-;;;. The number of ketones is 1. The predicted molar refractivity (Wildman–Crippen MR) is 327 cm³/mol. The molecule has 0 amide bonds. The second kappa shape index (κ2) is 32.7. The van der Waals surface area contributed by atoms with Crippen molar-refractivity contribution in [2.24, 2.45) is 0 Å². The summed E-state index contributed by atoms with van der Waals surface area (Å²) in [5.41, 5.74) is 6.44. The molecule has 3 aromatic carbocycles. The smallest absolute Gasteiger partial charge is 0.461 e. The van der Waals surface area contributed by atoms with Crippen molar-refractivity contribution in [3.63, 3.8) is 0 Å². The van der Waals surface area contributed by atoms with Crippen LogP contribution in [-0.2, 0) is 81.9 Å². The number of benzene rings is 3. The summed E-state index contributed by atoms with van der Waals surface area (Å²) in [6, 6.07) is 2.80. The normalized spacial score (nSPS) is 13.5. The highest BCUT2D eigenvalue weighted by atomic mass is 28.3. The summed E-state index contributed by atoms with van der Waals surface area (Å²) in [7, 11) is 0.688. The van der Waals surface area contributed by atoms with Gasteiger partial charge in [-0.25, -0.2) is 24.0 Å². The number of aldehydes is 1. The lowest BCUT2D eigenvalue weighted by atomic mass is 9.94. The lowest BCUT2D eigenvalue weighted by molar-refractivity contribution is -0.183. The van der Waals surface area contributed by atoms with Gasteiger partial charge >= 0.3 is 48.0 Å². The van der Waals surface area contributed by atoms with Crippen LogP contribution in [0.25, 0.3) is 0 Å². The number of carbonyl (C=O) groups excluding carboxylic acids is 7. The first-order valence-corrected chi connectivity index (χ1v) is 40.2. The van der Waals surface area contributed by atoms with Crippen LogP contribution < -0.4 is 28.4 Å². The molecule has 18 nitrogen and oxygen atoms in total. The van der Waals surface area contributed by atoms with E-state index in [2.05, 4.69) is 75.3 Å². The van der Waals surface area contributed by atoms with Crippen LogP contribution in [0, 0.1) is 20.8 Å². The molecule has 3 aliphatic heterocycles. The maximum atomic E-state index is 13.5. The van der Waals surface area contributed by atoms with E-state index in [4.69, 9.17) is 42.6 Å². The fourth-order valence-corrected chi connectivity index (χ4v) is 11.4. The number of rotatable bonds is 25. The molecule has 0 atom stereocenters. The van der Waals surface area contributed by atoms with Gasteiger partial charge in [0.25, 0.3) is 0 Å². The van der Waals surface area contributed by atoms with Crippen LogP contribution in [0.3, 0.4) is 0 Å². The van der Waals surface area contributed by atoms with Crippen molar-refractivity contribution >= 4 is 66.1 Å². The van der Waals surface area contributed by atoms with E-state index in [9.17, 15) is 59.9 Å². The molecule has 0 aromatic heterocycles.